The molecule has 0 unspecified atom stereocenters. The van der Waals surface area contributed by atoms with Gasteiger partial charge in [0.2, 0.25) is 11.7 Å². The lowest BCUT2D eigenvalue weighted by atomic mass is 9.87. The molecule has 5 rings (SSSR count). The number of para-hydroxylation sites is 1. The number of hydrogen-bond donors (Lipinski definition) is 0. The molecule has 1 saturated carbocycles. The first-order valence-corrected chi connectivity index (χ1v) is 12.8. The van der Waals surface area contributed by atoms with E-state index in [0.29, 0.717) is 28.9 Å². The van der Waals surface area contributed by atoms with Gasteiger partial charge in [0.15, 0.2) is 5.16 Å². The molecule has 0 atom stereocenters. The van der Waals surface area contributed by atoms with Gasteiger partial charge in [-0.25, -0.2) is 0 Å². The van der Waals surface area contributed by atoms with Gasteiger partial charge in [0, 0.05) is 13.1 Å². The number of aromatic nitrogens is 4. The Morgan fingerprint density at radius 1 is 1.03 bits per heavy atom. The molecule has 176 valence electrons. The molecule has 0 bridgehead atoms. The summed E-state index contributed by atoms with van der Waals surface area (Å²) in [6.07, 6.45) is 4.49. The van der Waals surface area contributed by atoms with E-state index in [9.17, 15) is 9.59 Å². The Bertz CT molecular complexity index is 1370. The van der Waals surface area contributed by atoms with Crippen LogP contribution in [0.3, 0.4) is 0 Å². The van der Waals surface area contributed by atoms with Crippen molar-refractivity contribution in [1.82, 2.24) is 24.1 Å². The molecule has 7 nitrogen and oxygen atoms in total. The lowest BCUT2D eigenvalue weighted by Crippen LogP contribution is -2.40. The Labute approximate surface area is 202 Å². The Morgan fingerprint density at radius 3 is 2.50 bits per heavy atom. The van der Waals surface area contributed by atoms with Crippen LogP contribution in [-0.4, -0.2) is 48.8 Å². The van der Waals surface area contributed by atoms with E-state index in [1.165, 1.54) is 24.6 Å². The molecule has 1 aliphatic carbocycles. The largest absolute Gasteiger partial charge is 0.342 e. The number of thioether (sulfide) groups is 1. The quantitative estimate of drug-likeness (QED) is 0.391. The van der Waals surface area contributed by atoms with Crippen LogP contribution in [0.25, 0.3) is 16.7 Å². The van der Waals surface area contributed by atoms with Crippen molar-refractivity contribution < 1.29 is 4.79 Å². The summed E-state index contributed by atoms with van der Waals surface area (Å²) in [6, 6.07) is 17.7. The number of benzene rings is 2. The molecule has 8 heteroatoms. The minimum atomic E-state index is -0.0989. The summed E-state index contributed by atoms with van der Waals surface area (Å²) in [7, 11) is 1.92. The Morgan fingerprint density at radius 2 is 1.74 bits per heavy atom. The standard InChI is InChI=1S/C26H29N5O2S/c1-18-12-14-20(15-13-18)29(2)23(32)17-34-26-28-27-25-30(16-19-8-4-3-5-9-19)24(33)21-10-6-7-11-22(21)31(25)26/h3-11,18,20H,12-17H2,1-2H3. The van der Waals surface area contributed by atoms with Gasteiger partial charge >= 0.3 is 0 Å². The second kappa shape index (κ2) is 9.62. The zero-order valence-electron chi connectivity index (χ0n) is 19.6. The van der Waals surface area contributed by atoms with Gasteiger partial charge in [0.1, 0.15) is 0 Å². The van der Waals surface area contributed by atoms with E-state index >= 15 is 0 Å². The summed E-state index contributed by atoms with van der Waals surface area (Å²) < 4.78 is 3.56. The van der Waals surface area contributed by atoms with Gasteiger partial charge in [0.05, 0.1) is 23.2 Å². The third kappa shape index (κ3) is 4.34. The fourth-order valence-corrected chi connectivity index (χ4v) is 5.66. The molecule has 34 heavy (non-hydrogen) atoms. The van der Waals surface area contributed by atoms with Crippen molar-refractivity contribution >= 4 is 34.3 Å². The van der Waals surface area contributed by atoms with E-state index < -0.39 is 0 Å². The molecule has 0 aliphatic heterocycles. The number of amides is 1. The predicted molar refractivity (Wildman–Crippen MR) is 135 cm³/mol. The van der Waals surface area contributed by atoms with Crippen molar-refractivity contribution in [1.29, 1.82) is 0 Å². The Kier molecular flexibility index (Phi) is 6.41. The number of rotatable bonds is 6. The number of carbonyl (C=O) groups is 1. The highest BCUT2D eigenvalue weighted by atomic mass is 32.2. The maximum atomic E-state index is 13.3. The average molecular weight is 476 g/mol. The molecule has 4 aromatic rings. The Balaban J connectivity index is 1.46. The third-order valence-electron chi connectivity index (χ3n) is 6.91. The van der Waals surface area contributed by atoms with Gasteiger partial charge in [-0.3, -0.25) is 18.6 Å². The summed E-state index contributed by atoms with van der Waals surface area (Å²) in [5.41, 5.74) is 1.66. The van der Waals surface area contributed by atoms with Gasteiger partial charge in [-0.2, -0.15) is 0 Å². The highest BCUT2D eigenvalue weighted by molar-refractivity contribution is 7.99. The molecule has 0 saturated heterocycles. The lowest BCUT2D eigenvalue weighted by molar-refractivity contribution is -0.129. The highest BCUT2D eigenvalue weighted by Gasteiger charge is 2.25. The van der Waals surface area contributed by atoms with Crippen LogP contribution >= 0.6 is 11.8 Å². The maximum absolute atomic E-state index is 13.3. The third-order valence-corrected chi connectivity index (χ3v) is 7.83. The highest BCUT2D eigenvalue weighted by Crippen LogP contribution is 2.28. The van der Waals surface area contributed by atoms with Gasteiger partial charge in [-0.1, -0.05) is 61.2 Å². The molecule has 0 spiro atoms. The van der Waals surface area contributed by atoms with E-state index in [2.05, 4.69) is 17.1 Å². The maximum Gasteiger partial charge on any atom is 0.263 e. The molecule has 1 fully saturated rings. The molecule has 1 amide bonds. The number of nitrogens with zero attached hydrogens (tertiary/aromatic N) is 5. The first-order valence-electron chi connectivity index (χ1n) is 11.8. The topological polar surface area (TPSA) is 72.5 Å². The summed E-state index contributed by atoms with van der Waals surface area (Å²) >= 11 is 1.38. The minimum absolute atomic E-state index is 0.0989. The first-order chi connectivity index (χ1) is 16.5. The predicted octanol–water partition coefficient (Wildman–Crippen LogP) is 4.22. The normalized spacial score (nSPS) is 18.4. The van der Waals surface area contributed by atoms with Gasteiger partial charge < -0.3 is 4.90 Å². The van der Waals surface area contributed by atoms with E-state index in [1.807, 2.05) is 70.9 Å². The zero-order chi connectivity index (χ0) is 23.7. The van der Waals surface area contributed by atoms with Crippen molar-refractivity contribution in [2.75, 3.05) is 12.8 Å². The van der Waals surface area contributed by atoms with E-state index in [4.69, 9.17) is 0 Å². The van der Waals surface area contributed by atoms with Gasteiger partial charge in [-0.05, 0) is 49.3 Å². The van der Waals surface area contributed by atoms with Crippen molar-refractivity contribution in [3.8, 4) is 0 Å². The number of hydrogen-bond acceptors (Lipinski definition) is 5. The zero-order valence-corrected chi connectivity index (χ0v) is 20.4. The fraction of sp³-hybridized carbons (Fsp3) is 0.385. The molecule has 2 heterocycles. The number of fused-ring (bicyclic) bond motifs is 3. The van der Waals surface area contributed by atoms with Crippen LogP contribution in [0.4, 0.5) is 0 Å². The smallest absolute Gasteiger partial charge is 0.263 e. The molecular weight excluding hydrogens is 446 g/mol. The fourth-order valence-electron chi connectivity index (χ4n) is 4.80. The molecule has 0 N–H and O–H groups in total. The second-order valence-corrected chi connectivity index (χ2v) is 10.2. The van der Waals surface area contributed by atoms with Crippen LogP contribution in [-0.2, 0) is 11.3 Å². The van der Waals surface area contributed by atoms with Crippen LogP contribution in [0.5, 0.6) is 0 Å². The minimum Gasteiger partial charge on any atom is -0.342 e. The lowest BCUT2D eigenvalue weighted by Gasteiger charge is -2.33. The van der Waals surface area contributed by atoms with Crippen LogP contribution < -0.4 is 5.56 Å². The van der Waals surface area contributed by atoms with E-state index in [1.54, 1.807) is 4.57 Å². The molecule has 1 aliphatic rings. The van der Waals surface area contributed by atoms with Crippen molar-refractivity contribution in [3.05, 3.63) is 70.5 Å². The molecule has 0 radical (unpaired) electrons. The average Bonchev–Trinajstić information content (AvgIpc) is 3.30. The van der Waals surface area contributed by atoms with Crippen molar-refractivity contribution in [3.63, 3.8) is 0 Å². The summed E-state index contributed by atoms with van der Waals surface area (Å²) in [4.78, 5) is 28.2. The van der Waals surface area contributed by atoms with E-state index in [0.717, 1.165) is 29.8 Å². The van der Waals surface area contributed by atoms with Gasteiger partial charge in [-0.15, -0.1) is 10.2 Å². The van der Waals surface area contributed by atoms with Crippen LogP contribution in [0, 0.1) is 5.92 Å². The van der Waals surface area contributed by atoms with Crippen molar-refractivity contribution in [2.24, 2.45) is 5.92 Å². The van der Waals surface area contributed by atoms with Gasteiger partial charge in [0.25, 0.3) is 5.56 Å². The van der Waals surface area contributed by atoms with Crippen molar-refractivity contribution in [2.45, 2.75) is 50.4 Å². The first kappa shape index (κ1) is 22.7. The SMILES string of the molecule is CC1CCC(N(C)C(=O)CSc2nnc3n(Cc4ccccc4)c(=O)c4ccccc4n23)CC1. The molecular formula is C26H29N5O2S. The second-order valence-electron chi connectivity index (χ2n) is 9.22. The monoisotopic (exact) mass is 475 g/mol. The number of carbonyl (C=O) groups excluding carboxylic acids is 1. The van der Waals surface area contributed by atoms with E-state index in [-0.39, 0.29) is 17.2 Å². The van der Waals surface area contributed by atoms with Crippen LogP contribution in [0.15, 0.2) is 64.5 Å². The van der Waals surface area contributed by atoms with Crippen LogP contribution in [0.2, 0.25) is 0 Å². The molecule has 2 aromatic carbocycles. The summed E-state index contributed by atoms with van der Waals surface area (Å²) in [6.45, 7) is 2.69. The van der Waals surface area contributed by atoms with Crippen LogP contribution in [0.1, 0.15) is 38.2 Å². The Hall–Kier alpha value is -3.13. The summed E-state index contributed by atoms with van der Waals surface area (Å²) in [5, 5.41) is 9.99. The molecule has 2 aromatic heterocycles. The summed E-state index contributed by atoms with van der Waals surface area (Å²) in [5.74, 6) is 1.62.